The first kappa shape index (κ1) is 18.3. The van der Waals surface area contributed by atoms with Gasteiger partial charge in [-0.3, -0.25) is 4.79 Å². The Bertz CT molecular complexity index is 800. The Balaban J connectivity index is 2.24. The van der Waals surface area contributed by atoms with Crippen molar-refractivity contribution in [3.63, 3.8) is 0 Å². The van der Waals surface area contributed by atoms with Gasteiger partial charge in [0.2, 0.25) is 0 Å². The van der Waals surface area contributed by atoms with Crippen molar-refractivity contribution >= 4 is 11.9 Å². The molecule has 0 saturated heterocycles. The lowest BCUT2D eigenvalue weighted by molar-refractivity contribution is 0.0697. The van der Waals surface area contributed by atoms with Crippen molar-refractivity contribution in [1.29, 1.82) is 0 Å². The lowest BCUT2D eigenvalue weighted by Gasteiger charge is -2.20. The quantitative estimate of drug-likeness (QED) is 0.872. The van der Waals surface area contributed by atoms with Gasteiger partial charge in [-0.2, -0.15) is 0 Å². The molecule has 6 nitrogen and oxygen atoms in total. The van der Waals surface area contributed by atoms with Crippen molar-refractivity contribution in [1.82, 2.24) is 4.90 Å². The van der Waals surface area contributed by atoms with Crippen molar-refractivity contribution in [3.05, 3.63) is 58.7 Å². The molecule has 6 heteroatoms. The molecule has 2 rings (SSSR count). The van der Waals surface area contributed by atoms with Gasteiger partial charge in [-0.1, -0.05) is 6.07 Å². The van der Waals surface area contributed by atoms with Gasteiger partial charge in [0.25, 0.3) is 5.91 Å². The van der Waals surface area contributed by atoms with E-state index in [4.69, 9.17) is 14.6 Å². The van der Waals surface area contributed by atoms with Gasteiger partial charge in [0.15, 0.2) is 11.5 Å². The van der Waals surface area contributed by atoms with Crippen molar-refractivity contribution in [2.24, 2.45) is 0 Å². The number of benzene rings is 2. The van der Waals surface area contributed by atoms with E-state index in [0.29, 0.717) is 23.6 Å². The number of carbonyl (C=O) groups is 2. The molecule has 0 aromatic heterocycles. The van der Waals surface area contributed by atoms with E-state index in [2.05, 4.69) is 0 Å². The summed E-state index contributed by atoms with van der Waals surface area (Å²) in [6.45, 7) is 2.29. The summed E-state index contributed by atoms with van der Waals surface area (Å²) in [7, 11) is 4.80. The van der Waals surface area contributed by atoms with Crippen LogP contribution in [0.3, 0.4) is 0 Å². The Kier molecular flexibility index (Phi) is 5.64. The van der Waals surface area contributed by atoms with Crippen molar-refractivity contribution in [3.8, 4) is 11.5 Å². The van der Waals surface area contributed by atoms with Crippen LogP contribution in [0.5, 0.6) is 11.5 Å². The highest BCUT2D eigenvalue weighted by Crippen LogP contribution is 2.30. The number of carbonyl (C=O) groups excluding carboxylic acids is 1. The number of ether oxygens (including phenoxy) is 2. The molecular weight excluding hydrogens is 322 g/mol. The molecule has 0 spiro atoms. The fraction of sp³-hybridized carbons (Fsp3) is 0.263. The molecule has 132 valence electrons. The fourth-order valence-electron chi connectivity index (χ4n) is 2.53. The van der Waals surface area contributed by atoms with Crippen molar-refractivity contribution in [2.45, 2.75) is 13.5 Å². The third kappa shape index (κ3) is 4.09. The van der Waals surface area contributed by atoms with E-state index in [0.717, 1.165) is 11.1 Å². The minimum absolute atomic E-state index is 0.0848. The minimum atomic E-state index is -1.06. The number of aromatic carboxylic acids is 1. The largest absolute Gasteiger partial charge is 0.493 e. The van der Waals surface area contributed by atoms with E-state index in [1.807, 2.05) is 19.1 Å². The summed E-state index contributed by atoms with van der Waals surface area (Å²) >= 11 is 0. The zero-order chi connectivity index (χ0) is 18.6. The maximum atomic E-state index is 12.6. The number of aryl methyl sites for hydroxylation is 1. The normalized spacial score (nSPS) is 10.2. The molecule has 25 heavy (non-hydrogen) atoms. The van der Waals surface area contributed by atoms with E-state index in [1.165, 1.54) is 17.0 Å². The minimum Gasteiger partial charge on any atom is -0.493 e. The van der Waals surface area contributed by atoms with Gasteiger partial charge in [0, 0.05) is 19.2 Å². The zero-order valence-electron chi connectivity index (χ0n) is 14.7. The number of carboxylic acid groups (broad SMARTS) is 1. The second-order valence-electron chi connectivity index (χ2n) is 5.68. The first-order valence-electron chi connectivity index (χ1n) is 7.67. The molecule has 0 fully saturated rings. The van der Waals surface area contributed by atoms with Crippen LogP contribution in [0, 0.1) is 6.92 Å². The maximum Gasteiger partial charge on any atom is 0.335 e. The summed E-state index contributed by atoms with van der Waals surface area (Å²) in [5.74, 6) is -0.0889. The van der Waals surface area contributed by atoms with Crippen molar-refractivity contribution < 1.29 is 24.2 Å². The number of hydrogen-bond acceptors (Lipinski definition) is 4. The standard InChI is InChI=1S/C19H21NO5/c1-12-8-16(24-3)17(25-4)10-15(12)11-20(2)18(21)13-6-5-7-14(9-13)19(22)23/h5-10H,11H2,1-4H3,(H,22,23). The van der Waals surface area contributed by atoms with Crippen LogP contribution in [0.1, 0.15) is 31.8 Å². The van der Waals surface area contributed by atoms with E-state index < -0.39 is 5.97 Å². The Morgan fingerprint density at radius 3 is 2.24 bits per heavy atom. The monoisotopic (exact) mass is 343 g/mol. The van der Waals surface area contributed by atoms with Crippen molar-refractivity contribution in [2.75, 3.05) is 21.3 Å². The van der Waals surface area contributed by atoms with E-state index in [-0.39, 0.29) is 11.5 Å². The first-order chi connectivity index (χ1) is 11.9. The highest BCUT2D eigenvalue weighted by atomic mass is 16.5. The molecule has 0 aliphatic rings. The van der Waals surface area contributed by atoms with Gasteiger partial charge in [-0.25, -0.2) is 4.79 Å². The topological polar surface area (TPSA) is 76.1 Å². The van der Waals surface area contributed by atoms with Gasteiger partial charge >= 0.3 is 5.97 Å². The van der Waals surface area contributed by atoms with Crippen LogP contribution >= 0.6 is 0 Å². The summed E-state index contributed by atoms with van der Waals surface area (Å²) in [5, 5.41) is 9.06. The average molecular weight is 343 g/mol. The number of rotatable bonds is 6. The van der Waals surface area contributed by atoms with Crippen LogP contribution in [-0.4, -0.2) is 43.2 Å². The first-order valence-corrected chi connectivity index (χ1v) is 7.67. The number of hydrogen-bond donors (Lipinski definition) is 1. The van der Waals surface area contributed by atoms with Crippen LogP contribution in [0.15, 0.2) is 36.4 Å². The number of methoxy groups -OCH3 is 2. The van der Waals surface area contributed by atoms with Gasteiger partial charge in [0.05, 0.1) is 19.8 Å². The van der Waals surface area contributed by atoms with E-state index >= 15 is 0 Å². The molecule has 0 atom stereocenters. The SMILES string of the molecule is COc1cc(C)c(CN(C)C(=O)c2cccc(C(=O)O)c2)cc1OC. The lowest BCUT2D eigenvalue weighted by Crippen LogP contribution is -2.26. The van der Waals surface area contributed by atoms with Gasteiger partial charge in [0.1, 0.15) is 0 Å². The number of carboxylic acids is 1. The molecule has 0 aliphatic carbocycles. The molecule has 0 aliphatic heterocycles. The molecule has 0 bridgehead atoms. The third-order valence-corrected chi connectivity index (χ3v) is 3.95. The second kappa shape index (κ2) is 7.70. The Hall–Kier alpha value is -3.02. The molecule has 0 heterocycles. The summed E-state index contributed by atoms with van der Waals surface area (Å²) in [4.78, 5) is 25.2. The predicted octanol–water partition coefficient (Wildman–Crippen LogP) is 2.98. The summed E-state index contributed by atoms with van der Waals surface area (Å²) in [6, 6.07) is 9.70. The smallest absolute Gasteiger partial charge is 0.335 e. The van der Waals surface area contributed by atoms with Gasteiger partial charge < -0.3 is 19.5 Å². The van der Waals surface area contributed by atoms with Gasteiger partial charge in [-0.05, 0) is 48.4 Å². The predicted molar refractivity (Wildman–Crippen MR) is 93.5 cm³/mol. The fourth-order valence-corrected chi connectivity index (χ4v) is 2.53. The highest BCUT2D eigenvalue weighted by molar-refractivity contribution is 5.97. The second-order valence-corrected chi connectivity index (χ2v) is 5.68. The summed E-state index contributed by atoms with van der Waals surface area (Å²) in [5.41, 5.74) is 2.31. The molecule has 0 unspecified atom stereocenters. The average Bonchev–Trinajstić information content (AvgIpc) is 2.62. The Morgan fingerprint density at radius 2 is 1.64 bits per heavy atom. The molecule has 1 N–H and O–H groups in total. The third-order valence-electron chi connectivity index (χ3n) is 3.95. The van der Waals surface area contributed by atoms with Crippen LogP contribution in [0.4, 0.5) is 0 Å². The van der Waals surface area contributed by atoms with Crippen LogP contribution in [0.25, 0.3) is 0 Å². The van der Waals surface area contributed by atoms with Crippen LogP contribution < -0.4 is 9.47 Å². The molecule has 1 amide bonds. The number of nitrogens with zero attached hydrogens (tertiary/aromatic N) is 1. The number of amides is 1. The molecule has 2 aromatic carbocycles. The summed E-state index contributed by atoms with van der Waals surface area (Å²) < 4.78 is 10.6. The van der Waals surface area contributed by atoms with E-state index in [1.54, 1.807) is 33.4 Å². The zero-order valence-corrected chi connectivity index (χ0v) is 14.7. The Labute approximate surface area is 146 Å². The van der Waals surface area contributed by atoms with Gasteiger partial charge in [-0.15, -0.1) is 0 Å². The van der Waals surface area contributed by atoms with E-state index in [9.17, 15) is 9.59 Å². The lowest BCUT2D eigenvalue weighted by atomic mass is 10.1. The maximum absolute atomic E-state index is 12.6. The molecule has 2 aromatic rings. The summed E-state index contributed by atoms with van der Waals surface area (Å²) in [6.07, 6.45) is 0. The van der Waals surface area contributed by atoms with Crippen LogP contribution in [0.2, 0.25) is 0 Å². The Morgan fingerprint density at radius 1 is 1.04 bits per heavy atom. The molecular formula is C19H21NO5. The molecule has 0 saturated carbocycles. The molecule has 0 radical (unpaired) electrons. The van der Waals surface area contributed by atoms with Crippen LogP contribution in [-0.2, 0) is 6.54 Å². The highest BCUT2D eigenvalue weighted by Gasteiger charge is 2.16.